The summed E-state index contributed by atoms with van der Waals surface area (Å²) >= 11 is 2.32. The molecule has 2 fully saturated rings. The standard InChI is InChI=1S/C19H25N5O7S2/c1-18(2,3)16(29)31-7-19(15(27)28)6-24-13(26)11(14(24)33-8-19)22-12(25)10(23-30-4)9-5-32-17(20)21-9/h5,11,14H,6-8H2,1-4H3,(H2,20,21)(H,22,25)(H,27,28)/t11?,14-,19?/m1/s1. The van der Waals surface area contributed by atoms with Gasteiger partial charge in [0.25, 0.3) is 5.91 Å². The number of oxime groups is 1. The van der Waals surface area contributed by atoms with Crippen LogP contribution in [-0.4, -0.2) is 81.9 Å². The Kier molecular flexibility index (Phi) is 6.88. The number of nitrogen functional groups attached to an aromatic ring is 1. The van der Waals surface area contributed by atoms with Crippen LogP contribution in [-0.2, 0) is 28.8 Å². The van der Waals surface area contributed by atoms with Crippen LogP contribution in [0.1, 0.15) is 26.5 Å². The fourth-order valence-electron chi connectivity index (χ4n) is 3.23. The molecule has 2 amide bonds. The number of carboxylic acid groups (broad SMARTS) is 1. The Hall–Kier alpha value is -2.87. The number of hydrogen-bond acceptors (Lipinski definition) is 11. The predicted molar refractivity (Wildman–Crippen MR) is 120 cm³/mol. The van der Waals surface area contributed by atoms with E-state index in [-0.39, 0.29) is 35.4 Å². The molecular weight excluding hydrogens is 474 g/mol. The quantitative estimate of drug-likeness (QED) is 0.203. The molecule has 3 heterocycles. The molecule has 12 nitrogen and oxygen atoms in total. The fraction of sp³-hybridized carbons (Fsp3) is 0.579. The van der Waals surface area contributed by atoms with Gasteiger partial charge in [0, 0.05) is 17.7 Å². The highest BCUT2D eigenvalue weighted by atomic mass is 32.2. The molecule has 14 heteroatoms. The molecule has 1 aromatic heterocycles. The largest absolute Gasteiger partial charge is 0.481 e. The normalized spacial score (nSPS) is 25.0. The van der Waals surface area contributed by atoms with Crippen LogP contribution in [0.5, 0.6) is 0 Å². The Morgan fingerprint density at radius 3 is 2.67 bits per heavy atom. The van der Waals surface area contributed by atoms with Crippen molar-refractivity contribution >= 4 is 57.7 Å². The average molecular weight is 500 g/mol. The molecular formula is C19H25N5O7S2. The van der Waals surface area contributed by atoms with Gasteiger partial charge in [-0.15, -0.1) is 23.1 Å². The maximum absolute atomic E-state index is 12.8. The number of carbonyl (C=O) groups excluding carboxylic acids is 3. The van der Waals surface area contributed by atoms with Crippen molar-refractivity contribution in [2.75, 3.05) is 31.7 Å². The summed E-state index contributed by atoms with van der Waals surface area (Å²) in [6.07, 6.45) is 0. The van der Waals surface area contributed by atoms with Crippen LogP contribution in [0, 0.1) is 10.8 Å². The molecule has 2 aliphatic heterocycles. The van der Waals surface area contributed by atoms with E-state index in [1.165, 1.54) is 29.2 Å². The monoisotopic (exact) mass is 499 g/mol. The molecule has 33 heavy (non-hydrogen) atoms. The van der Waals surface area contributed by atoms with Crippen molar-refractivity contribution in [3.05, 3.63) is 11.1 Å². The van der Waals surface area contributed by atoms with E-state index >= 15 is 0 Å². The number of carbonyl (C=O) groups is 4. The summed E-state index contributed by atoms with van der Waals surface area (Å²) in [6.45, 7) is 4.52. The summed E-state index contributed by atoms with van der Waals surface area (Å²) in [4.78, 5) is 59.8. The van der Waals surface area contributed by atoms with Gasteiger partial charge in [0.05, 0.1) is 5.41 Å². The predicted octanol–water partition coefficient (Wildman–Crippen LogP) is 0.136. The van der Waals surface area contributed by atoms with Gasteiger partial charge in [0.1, 0.15) is 36.2 Å². The SMILES string of the molecule is CON=C(C(=O)NC1C(=O)N2CC(COC(=O)C(C)(C)C)(C(=O)O)CS[C@H]12)c1csc(N)n1. The number of aliphatic carboxylic acids is 1. The number of nitrogens with one attached hydrogen (secondary N) is 1. The van der Waals surface area contributed by atoms with E-state index in [0.29, 0.717) is 0 Å². The molecule has 0 spiro atoms. The molecule has 3 atom stereocenters. The minimum atomic E-state index is -1.44. The summed E-state index contributed by atoms with van der Waals surface area (Å²) in [5.74, 6) is -2.70. The number of nitrogens with zero attached hydrogens (tertiary/aromatic N) is 3. The van der Waals surface area contributed by atoms with Gasteiger partial charge in [-0.05, 0) is 20.8 Å². The first-order valence-corrected chi connectivity index (χ1v) is 11.8. The number of amides is 2. The van der Waals surface area contributed by atoms with E-state index in [1.54, 1.807) is 20.8 Å². The molecule has 0 bridgehead atoms. The van der Waals surface area contributed by atoms with Gasteiger partial charge < -0.3 is 30.6 Å². The lowest BCUT2D eigenvalue weighted by Crippen LogP contribution is -2.74. The number of aromatic nitrogens is 1. The van der Waals surface area contributed by atoms with Crippen molar-refractivity contribution < 1.29 is 33.9 Å². The van der Waals surface area contributed by atoms with E-state index in [4.69, 9.17) is 15.3 Å². The zero-order chi connectivity index (χ0) is 24.6. The number of anilines is 1. The van der Waals surface area contributed by atoms with Crippen LogP contribution in [0.15, 0.2) is 10.5 Å². The lowest BCUT2D eigenvalue weighted by atomic mass is 9.87. The summed E-state index contributed by atoms with van der Waals surface area (Å²) in [6, 6.07) is -0.871. The maximum atomic E-state index is 12.8. The van der Waals surface area contributed by atoms with Crippen molar-refractivity contribution in [1.29, 1.82) is 0 Å². The summed E-state index contributed by atoms with van der Waals surface area (Å²) in [5, 5.41) is 17.5. The summed E-state index contributed by atoms with van der Waals surface area (Å²) in [7, 11) is 1.27. The molecule has 2 saturated heterocycles. The summed E-state index contributed by atoms with van der Waals surface area (Å²) in [5.41, 5.74) is 3.47. The first-order chi connectivity index (χ1) is 15.4. The zero-order valence-corrected chi connectivity index (χ0v) is 20.1. The number of esters is 1. The van der Waals surface area contributed by atoms with Crippen molar-refractivity contribution in [2.24, 2.45) is 16.0 Å². The topological polar surface area (TPSA) is 174 Å². The van der Waals surface area contributed by atoms with Crippen LogP contribution in [0.4, 0.5) is 5.13 Å². The van der Waals surface area contributed by atoms with E-state index in [0.717, 1.165) is 11.3 Å². The number of ether oxygens (including phenoxy) is 1. The minimum Gasteiger partial charge on any atom is -0.481 e. The second kappa shape index (κ2) is 9.17. The second-order valence-electron chi connectivity index (χ2n) is 8.72. The lowest BCUT2D eigenvalue weighted by Gasteiger charge is -2.53. The number of rotatable bonds is 7. The number of carboxylic acids is 1. The van der Waals surface area contributed by atoms with E-state index < -0.39 is 46.0 Å². The number of β-lactam (4-membered cyclic amide) rings is 1. The van der Waals surface area contributed by atoms with E-state index in [1.807, 2.05) is 0 Å². The average Bonchev–Trinajstić information content (AvgIpc) is 3.18. The molecule has 0 aromatic carbocycles. The first-order valence-electron chi connectivity index (χ1n) is 9.86. The van der Waals surface area contributed by atoms with Crippen molar-refractivity contribution in [2.45, 2.75) is 32.2 Å². The minimum absolute atomic E-state index is 0.0994. The molecule has 4 N–H and O–H groups in total. The Bertz CT molecular complexity index is 1000. The van der Waals surface area contributed by atoms with Crippen LogP contribution >= 0.6 is 23.1 Å². The Balaban J connectivity index is 1.68. The van der Waals surface area contributed by atoms with E-state index in [9.17, 15) is 24.3 Å². The van der Waals surface area contributed by atoms with Crippen molar-refractivity contribution in [3.63, 3.8) is 0 Å². The first kappa shape index (κ1) is 24.8. The van der Waals surface area contributed by atoms with Crippen LogP contribution in [0.2, 0.25) is 0 Å². The number of fused-ring (bicyclic) bond motifs is 1. The highest BCUT2D eigenvalue weighted by Crippen LogP contribution is 2.42. The molecule has 2 unspecified atom stereocenters. The van der Waals surface area contributed by atoms with Crippen LogP contribution in [0.25, 0.3) is 0 Å². The van der Waals surface area contributed by atoms with Gasteiger partial charge in [-0.3, -0.25) is 19.2 Å². The van der Waals surface area contributed by atoms with Gasteiger partial charge in [0.2, 0.25) is 5.91 Å². The highest BCUT2D eigenvalue weighted by Gasteiger charge is 2.58. The molecule has 1 aromatic rings. The molecule has 3 rings (SSSR count). The van der Waals surface area contributed by atoms with Gasteiger partial charge >= 0.3 is 11.9 Å². The van der Waals surface area contributed by atoms with Crippen LogP contribution in [0.3, 0.4) is 0 Å². The molecule has 0 radical (unpaired) electrons. The number of thiazole rings is 1. The third-order valence-electron chi connectivity index (χ3n) is 5.14. The van der Waals surface area contributed by atoms with Gasteiger partial charge in [-0.2, -0.15) is 0 Å². The fourth-order valence-corrected chi connectivity index (χ4v) is 5.30. The van der Waals surface area contributed by atoms with E-state index in [2.05, 4.69) is 15.5 Å². The third-order valence-corrected chi connectivity index (χ3v) is 7.40. The third kappa shape index (κ3) is 4.90. The smallest absolute Gasteiger partial charge is 0.315 e. The summed E-state index contributed by atoms with van der Waals surface area (Å²) < 4.78 is 5.27. The highest BCUT2D eigenvalue weighted by molar-refractivity contribution is 8.00. The van der Waals surface area contributed by atoms with Crippen molar-refractivity contribution in [3.8, 4) is 0 Å². The zero-order valence-electron chi connectivity index (χ0n) is 18.5. The molecule has 0 aliphatic carbocycles. The van der Waals surface area contributed by atoms with Gasteiger partial charge in [0.15, 0.2) is 10.8 Å². The molecule has 0 saturated carbocycles. The number of nitrogens with two attached hydrogens (primary N) is 1. The van der Waals surface area contributed by atoms with Gasteiger partial charge in [-0.1, -0.05) is 5.16 Å². The molecule has 180 valence electrons. The Morgan fingerprint density at radius 1 is 1.42 bits per heavy atom. The van der Waals surface area contributed by atoms with Crippen LogP contribution < -0.4 is 11.1 Å². The Labute approximate surface area is 197 Å². The maximum Gasteiger partial charge on any atom is 0.315 e. The lowest BCUT2D eigenvalue weighted by molar-refractivity contribution is -0.168. The number of thioether (sulfide) groups is 1. The van der Waals surface area contributed by atoms with Crippen molar-refractivity contribution in [1.82, 2.24) is 15.2 Å². The molecule has 2 aliphatic rings. The second-order valence-corrected chi connectivity index (χ2v) is 10.7. The van der Waals surface area contributed by atoms with Gasteiger partial charge in [-0.25, -0.2) is 4.98 Å². The number of hydrogen-bond donors (Lipinski definition) is 3. The Morgan fingerprint density at radius 2 is 2.12 bits per heavy atom.